The second kappa shape index (κ2) is 5.97. The first-order valence-electron chi connectivity index (χ1n) is 9.48. The normalized spacial score (nSPS) is 23.0. The molecule has 5 rings (SSSR count). The molecule has 7 heteroatoms. The summed E-state index contributed by atoms with van der Waals surface area (Å²) >= 11 is 0. The van der Waals surface area contributed by atoms with Crippen LogP contribution < -0.4 is 0 Å². The summed E-state index contributed by atoms with van der Waals surface area (Å²) in [5.41, 5.74) is 2.68. The van der Waals surface area contributed by atoms with E-state index >= 15 is 0 Å². The van der Waals surface area contributed by atoms with E-state index in [1.54, 1.807) is 0 Å². The molecule has 2 aromatic rings. The monoisotopic (exact) mass is 341 g/mol. The fourth-order valence-corrected chi connectivity index (χ4v) is 4.17. The maximum atomic E-state index is 13.1. The van der Waals surface area contributed by atoms with Gasteiger partial charge < -0.3 is 9.42 Å². The van der Waals surface area contributed by atoms with Crippen LogP contribution in [0.5, 0.6) is 0 Å². The van der Waals surface area contributed by atoms with E-state index < -0.39 is 0 Å². The first kappa shape index (κ1) is 15.1. The van der Waals surface area contributed by atoms with Crippen molar-refractivity contribution in [3.63, 3.8) is 0 Å². The molecule has 1 atom stereocenters. The number of rotatable bonds is 4. The molecule has 132 valence electrons. The van der Waals surface area contributed by atoms with Gasteiger partial charge in [0.25, 0.3) is 5.91 Å². The Labute approximate surface area is 146 Å². The molecule has 25 heavy (non-hydrogen) atoms. The Morgan fingerprint density at radius 2 is 2.08 bits per heavy atom. The molecule has 0 radical (unpaired) electrons. The Balaban J connectivity index is 1.33. The number of hydrogen-bond acceptors (Lipinski definition) is 5. The van der Waals surface area contributed by atoms with Crippen LogP contribution in [0.1, 0.15) is 71.9 Å². The van der Waals surface area contributed by atoms with Gasteiger partial charge in [-0.3, -0.25) is 9.48 Å². The zero-order valence-corrected chi connectivity index (χ0v) is 14.4. The van der Waals surface area contributed by atoms with E-state index in [1.165, 1.54) is 12.8 Å². The van der Waals surface area contributed by atoms with Gasteiger partial charge in [-0.05, 0) is 44.9 Å². The highest BCUT2D eigenvalue weighted by Gasteiger charge is 2.34. The third kappa shape index (κ3) is 2.75. The zero-order valence-electron chi connectivity index (χ0n) is 14.4. The van der Waals surface area contributed by atoms with E-state index in [0.29, 0.717) is 18.2 Å². The van der Waals surface area contributed by atoms with Crippen LogP contribution in [0, 0.1) is 0 Å². The third-order valence-electron chi connectivity index (χ3n) is 5.74. The predicted molar refractivity (Wildman–Crippen MR) is 89.2 cm³/mol. The van der Waals surface area contributed by atoms with Gasteiger partial charge >= 0.3 is 0 Å². The van der Waals surface area contributed by atoms with Crippen molar-refractivity contribution >= 4 is 5.91 Å². The van der Waals surface area contributed by atoms with Crippen LogP contribution in [0.3, 0.4) is 0 Å². The van der Waals surface area contributed by atoms with Gasteiger partial charge in [0, 0.05) is 30.6 Å². The quantitative estimate of drug-likeness (QED) is 0.853. The van der Waals surface area contributed by atoms with Gasteiger partial charge in [0.2, 0.25) is 0 Å². The molecular weight excluding hydrogens is 318 g/mol. The first-order valence-corrected chi connectivity index (χ1v) is 9.48. The lowest BCUT2D eigenvalue weighted by Crippen LogP contribution is -2.38. The molecular formula is C18H23N5O2. The summed E-state index contributed by atoms with van der Waals surface area (Å²) in [7, 11) is 0. The van der Waals surface area contributed by atoms with E-state index in [-0.39, 0.29) is 11.9 Å². The van der Waals surface area contributed by atoms with E-state index in [0.717, 1.165) is 62.1 Å². The summed E-state index contributed by atoms with van der Waals surface area (Å²) in [5, 5.41) is 12.7. The second-order valence-electron chi connectivity index (χ2n) is 7.57. The zero-order chi connectivity index (χ0) is 16.8. The molecule has 0 aromatic carbocycles. The number of hydrogen-bond donors (Lipinski definition) is 0. The lowest BCUT2D eigenvalue weighted by molar-refractivity contribution is 0.0709. The molecule has 1 saturated heterocycles. The van der Waals surface area contributed by atoms with Gasteiger partial charge in [0.15, 0.2) is 5.69 Å². The lowest BCUT2D eigenvalue weighted by Gasteiger charge is -2.24. The Morgan fingerprint density at radius 3 is 2.96 bits per heavy atom. The number of aromatic nitrogens is 4. The highest BCUT2D eigenvalue weighted by Crippen LogP contribution is 2.38. The van der Waals surface area contributed by atoms with Gasteiger partial charge in [-0.1, -0.05) is 10.4 Å². The maximum Gasteiger partial charge on any atom is 0.276 e. The molecule has 7 nitrogen and oxygen atoms in total. The third-order valence-corrected chi connectivity index (χ3v) is 5.74. The molecule has 3 aliphatic rings. The van der Waals surface area contributed by atoms with Crippen molar-refractivity contribution < 1.29 is 9.32 Å². The van der Waals surface area contributed by atoms with E-state index in [2.05, 4.69) is 21.7 Å². The lowest BCUT2D eigenvalue weighted by atomic mass is 9.96. The minimum Gasteiger partial charge on any atom is -0.360 e. The molecule has 1 amide bonds. The van der Waals surface area contributed by atoms with Crippen LogP contribution >= 0.6 is 0 Å². The van der Waals surface area contributed by atoms with Crippen molar-refractivity contribution in [2.45, 2.75) is 69.9 Å². The number of likely N-dealkylation sites (tertiary alicyclic amines) is 1. The summed E-state index contributed by atoms with van der Waals surface area (Å²) in [6.45, 7) is 1.50. The van der Waals surface area contributed by atoms with Crippen LogP contribution in [-0.4, -0.2) is 43.5 Å². The SMILES string of the molecule is O=C(c1noc2c1CCCC2)N1CCC[C@H]1Cn1cc(C2CC2)nn1. The fraction of sp³-hybridized carbons (Fsp3) is 0.667. The maximum absolute atomic E-state index is 13.1. The van der Waals surface area contributed by atoms with Crippen LogP contribution in [0.4, 0.5) is 0 Å². The fourth-order valence-electron chi connectivity index (χ4n) is 4.17. The number of carbonyl (C=O) groups is 1. The number of carbonyl (C=O) groups excluding carboxylic acids is 1. The standard InChI is InChI=1S/C18H23N5O2/c24-18(17-14-5-1-2-6-16(14)25-20-17)23-9-3-4-13(23)10-22-11-15(19-21-22)12-7-8-12/h11-13H,1-10H2/t13-/m0/s1. The van der Waals surface area contributed by atoms with Crippen LogP contribution in [-0.2, 0) is 19.4 Å². The Morgan fingerprint density at radius 1 is 1.20 bits per heavy atom. The van der Waals surface area contributed by atoms with Gasteiger partial charge in [0.05, 0.1) is 18.3 Å². The average Bonchev–Trinajstić information content (AvgIpc) is 3.05. The summed E-state index contributed by atoms with van der Waals surface area (Å²) < 4.78 is 7.34. The minimum absolute atomic E-state index is 0.0249. The van der Waals surface area contributed by atoms with Gasteiger partial charge in [0.1, 0.15) is 5.76 Å². The summed E-state index contributed by atoms with van der Waals surface area (Å²) in [6, 6.07) is 0.164. The van der Waals surface area contributed by atoms with Crippen molar-refractivity contribution in [3.8, 4) is 0 Å². The van der Waals surface area contributed by atoms with Crippen molar-refractivity contribution in [3.05, 3.63) is 28.9 Å². The average molecular weight is 341 g/mol. The number of nitrogens with zero attached hydrogens (tertiary/aromatic N) is 5. The highest BCUT2D eigenvalue weighted by atomic mass is 16.5. The predicted octanol–water partition coefficient (Wildman–Crippen LogP) is 2.33. The molecule has 2 aliphatic carbocycles. The minimum atomic E-state index is 0.0249. The van der Waals surface area contributed by atoms with Gasteiger partial charge in [-0.2, -0.15) is 0 Å². The van der Waals surface area contributed by atoms with Gasteiger partial charge in [-0.15, -0.1) is 5.10 Å². The summed E-state index contributed by atoms with van der Waals surface area (Å²) in [4.78, 5) is 15.0. The van der Waals surface area contributed by atoms with E-state index in [1.807, 2.05) is 9.58 Å². The highest BCUT2D eigenvalue weighted by molar-refractivity contribution is 5.94. The van der Waals surface area contributed by atoms with Crippen molar-refractivity contribution in [2.75, 3.05) is 6.54 Å². The van der Waals surface area contributed by atoms with Gasteiger partial charge in [-0.25, -0.2) is 0 Å². The van der Waals surface area contributed by atoms with Crippen molar-refractivity contribution in [1.29, 1.82) is 0 Å². The van der Waals surface area contributed by atoms with Crippen molar-refractivity contribution in [2.24, 2.45) is 0 Å². The molecule has 0 N–H and O–H groups in total. The molecule has 1 saturated carbocycles. The number of aryl methyl sites for hydroxylation is 1. The molecule has 0 spiro atoms. The summed E-state index contributed by atoms with van der Waals surface area (Å²) in [6.07, 6.45) is 10.6. The largest absolute Gasteiger partial charge is 0.360 e. The first-order chi connectivity index (χ1) is 12.3. The molecule has 0 unspecified atom stereocenters. The molecule has 3 heterocycles. The van der Waals surface area contributed by atoms with Crippen LogP contribution in [0.2, 0.25) is 0 Å². The second-order valence-corrected chi connectivity index (χ2v) is 7.57. The Bertz CT molecular complexity index is 791. The van der Waals surface area contributed by atoms with Crippen molar-refractivity contribution in [1.82, 2.24) is 25.1 Å². The van der Waals surface area contributed by atoms with Crippen LogP contribution in [0.15, 0.2) is 10.7 Å². The summed E-state index contributed by atoms with van der Waals surface area (Å²) in [5.74, 6) is 1.55. The topological polar surface area (TPSA) is 77.0 Å². The smallest absolute Gasteiger partial charge is 0.276 e. The molecule has 0 bridgehead atoms. The number of amides is 1. The number of fused-ring (bicyclic) bond motifs is 1. The van der Waals surface area contributed by atoms with Crippen LogP contribution in [0.25, 0.3) is 0 Å². The molecule has 2 aromatic heterocycles. The van der Waals surface area contributed by atoms with E-state index in [4.69, 9.17) is 4.52 Å². The van der Waals surface area contributed by atoms with E-state index in [9.17, 15) is 4.79 Å². The Hall–Kier alpha value is -2.18. The molecule has 1 aliphatic heterocycles. The molecule has 2 fully saturated rings. The Kier molecular flexibility index (Phi) is 3.60.